The quantitative estimate of drug-likeness (QED) is 0.260. The second-order valence-electron chi connectivity index (χ2n) is 6.81. The molecule has 24 heavy (non-hydrogen) atoms. The Hall–Kier alpha value is -1.03. The Bertz CT molecular complexity index is 495. The molecule has 4 heteroatoms. The average molecular weight is 353 g/mol. The van der Waals surface area contributed by atoms with Gasteiger partial charge in [-0.05, 0) is 26.3 Å². The summed E-state index contributed by atoms with van der Waals surface area (Å²) in [6.07, 6.45) is 4.93. The molecular formula is C20H36O3Si. The van der Waals surface area contributed by atoms with E-state index in [0.29, 0.717) is 23.5 Å². The standard InChI is InChI=1S/C20H36O3Si/c1-7-12-13-14-19(24(9-3,10-4)11-5)18-15-17(16(6)23-18)20(21)22-8-2/h15,19H,7-14H2,1-6H3. The van der Waals surface area contributed by atoms with Crippen LogP contribution in [0.3, 0.4) is 0 Å². The van der Waals surface area contributed by atoms with Crippen LogP contribution in [0.2, 0.25) is 18.1 Å². The first-order valence-electron chi connectivity index (χ1n) is 9.76. The van der Waals surface area contributed by atoms with Gasteiger partial charge in [-0.3, -0.25) is 0 Å². The molecule has 1 aromatic heterocycles. The first-order chi connectivity index (χ1) is 11.5. The van der Waals surface area contributed by atoms with Crippen molar-refractivity contribution in [2.45, 2.75) is 90.9 Å². The van der Waals surface area contributed by atoms with Crippen LogP contribution in [0.5, 0.6) is 0 Å². The van der Waals surface area contributed by atoms with Gasteiger partial charge in [-0.1, -0.05) is 65.1 Å². The van der Waals surface area contributed by atoms with Crippen molar-refractivity contribution in [1.29, 1.82) is 0 Å². The fourth-order valence-electron chi connectivity index (χ4n) is 3.93. The molecule has 0 spiro atoms. The van der Waals surface area contributed by atoms with Gasteiger partial charge in [-0.15, -0.1) is 0 Å². The molecule has 0 N–H and O–H groups in total. The number of hydrogen-bond acceptors (Lipinski definition) is 3. The van der Waals surface area contributed by atoms with E-state index in [1.54, 1.807) is 0 Å². The van der Waals surface area contributed by atoms with Gasteiger partial charge in [-0.2, -0.15) is 0 Å². The number of ether oxygens (including phenoxy) is 1. The molecule has 1 aromatic rings. The van der Waals surface area contributed by atoms with E-state index in [-0.39, 0.29) is 5.97 Å². The number of unbranched alkanes of at least 4 members (excludes halogenated alkanes) is 2. The summed E-state index contributed by atoms with van der Waals surface area (Å²) in [6.45, 7) is 13.4. The van der Waals surface area contributed by atoms with Crippen LogP contribution in [0.1, 0.15) is 87.7 Å². The minimum Gasteiger partial charge on any atom is -0.465 e. The molecule has 1 heterocycles. The molecule has 0 saturated carbocycles. The van der Waals surface area contributed by atoms with E-state index >= 15 is 0 Å². The zero-order valence-corrected chi connectivity index (χ0v) is 17.5. The van der Waals surface area contributed by atoms with Crippen molar-refractivity contribution in [3.63, 3.8) is 0 Å². The lowest BCUT2D eigenvalue weighted by Crippen LogP contribution is -2.39. The summed E-state index contributed by atoms with van der Waals surface area (Å²) in [5.41, 5.74) is 1.12. The summed E-state index contributed by atoms with van der Waals surface area (Å²) < 4.78 is 11.3. The van der Waals surface area contributed by atoms with Crippen molar-refractivity contribution < 1.29 is 13.9 Å². The Kier molecular flexibility index (Phi) is 8.82. The number of aryl methyl sites for hydroxylation is 1. The van der Waals surface area contributed by atoms with Crippen LogP contribution in [-0.4, -0.2) is 20.7 Å². The number of furan rings is 1. The Labute approximate surface area is 149 Å². The number of rotatable bonds is 11. The largest absolute Gasteiger partial charge is 0.465 e. The number of hydrogen-bond donors (Lipinski definition) is 0. The molecule has 0 radical (unpaired) electrons. The predicted molar refractivity (Wildman–Crippen MR) is 103 cm³/mol. The van der Waals surface area contributed by atoms with Crippen molar-refractivity contribution in [1.82, 2.24) is 0 Å². The van der Waals surface area contributed by atoms with Crippen LogP contribution in [0, 0.1) is 6.92 Å². The van der Waals surface area contributed by atoms with Crippen LogP contribution in [0.4, 0.5) is 0 Å². The molecule has 0 aliphatic heterocycles. The van der Waals surface area contributed by atoms with Gasteiger partial charge < -0.3 is 9.15 Å². The fourth-order valence-corrected chi connectivity index (χ4v) is 8.47. The SMILES string of the molecule is CCCCCC(c1cc(C(=O)OCC)c(C)o1)[Si](CC)(CC)CC. The van der Waals surface area contributed by atoms with Gasteiger partial charge in [0.15, 0.2) is 0 Å². The van der Waals surface area contributed by atoms with E-state index in [1.165, 1.54) is 43.8 Å². The molecule has 0 aromatic carbocycles. The van der Waals surface area contributed by atoms with Crippen molar-refractivity contribution in [2.75, 3.05) is 6.61 Å². The molecule has 0 fully saturated rings. The molecule has 0 bridgehead atoms. The van der Waals surface area contributed by atoms with Crippen molar-refractivity contribution in [3.8, 4) is 0 Å². The minimum absolute atomic E-state index is 0.255. The third-order valence-electron chi connectivity index (χ3n) is 5.72. The van der Waals surface area contributed by atoms with Gasteiger partial charge in [0.25, 0.3) is 0 Å². The lowest BCUT2D eigenvalue weighted by Gasteiger charge is -2.36. The molecule has 0 saturated heterocycles. The van der Waals surface area contributed by atoms with Gasteiger partial charge in [0.2, 0.25) is 0 Å². The van der Waals surface area contributed by atoms with E-state index in [9.17, 15) is 4.79 Å². The molecule has 138 valence electrons. The Morgan fingerprint density at radius 1 is 1.12 bits per heavy atom. The molecule has 0 aliphatic rings. The fraction of sp³-hybridized carbons (Fsp3) is 0.750. The van der Waals surface area contributed by atoms with Gasteiger partial charge in [0.1, 0.15) is 17.1 Å². The highest BCUT2D eigenvalue weighted by Gasteiger charge is 2.39. The second kappa shape index (κ2) is 10.1. The first-order valence-corrected chi connectivity index (χ1v) is 12.5. The van der Waals surface area contributed by atoms with E-state index in [4.69, 9.17) is 9.15 Å². The predicted octanol–water partition coefficient (Wildman–Crippen LogP) is 6.48. The number of esters is 1. The van der Waals surface area contributed by atoms with E-state index in [0.717, 1.165) is 5.76 Å². The maximum atomic E-state index is 12.1. The van der Waals surface area contributed by atoms with Crippen LogP contribution in [-0.2, 0) is 4.74 Å². The molecular weight excluding hydrogens is 316 g/mol. The molecule has 1 rings (SSSR count). The molecule has 0 amide bonds. The molecule has 1 unspecified atom stereocenters. The minimum atomic E-state index is -1.45. The zero-order valence-electron chi connectivity index (χ0n) is 16.5. The van der Waals surface area contributed by atoms with Crippen LogP contribution in [0.15, 0.2) is 10.5 Å². The first kappa shape index (κ1) is 21.0. The Balaban J connectivity index is 3.19. The number of carbonyl (C=O) groups is 1. The monoisotopic (exact) mass is 352 g/mol. The van der Waals surface area contributed by atoms with Crippen molar-refractivity contribution >= 4 is 14.0 Å². The highest BCUT2D eigenvalue weighted by atomic mass is 28.3. The van der Waals surface area contributed by atoms with E-state index < -0.39 is 8.07 Å². The van der Waals surface area contributed by atoms with Crippen molar-refractivity contribution in [3.05, 3.63) is 23.2 Å². The molecule has 1 atom stereocenters. The zero-order chi connectivity index (χ0) is 18.2. The summed E-state index contributed by atoms with van der Waals surface area (Å²) in [4.78, 5) is 12.1. The van der Waals surface area contributed by atoms with Crippen LogP contribution >= 0.6 is 0 Å². The van der Waals surface area contributed by atoms with Gasteiger partial charge >= 0.3 is 5.97 Å². The Morgan fingerprint density at radius 2 is 1.75 bits per heavy atom. The summed E-state index contributed by atoms with van der Waals surface area (Å²) >= 11 is 0. The highest BCUT2D eigenvalue weighted by Crippen LogP contribution is 2.41. The van der Waals surface area contributed by atoms with Crippen molar-refractivity contribution in [2.24, 2.45) is 0 Å². The topological polar surface area (TPSA) is 39.4 Å². The third-order valence-corrected chi connectivity index (χ3v) is 12.0. The second-order valence-corrected chi connectivity index (χ2v) is 12.4. The Morgan fingerprint density at radius 3 is 2.25 bits per heavy atom. The summed E-state index contributed by atoms with van der Waals surface area (Å²) in [6, 6.07) is 5.79. The summed E-state index contributed by atoms with van der Waals surface area (Å²) in [5.74, 6) is 1.48. The van der Waals surface area contributed by atoms with E-state index in [2.05, 4.69) is 27.7 Å². The highest BCUT2D eigenvalue weighted by molar-refractivity contribution is 6.80. The normalized spacial score (nSPS) is 13.1. The van der Waals surface area contributed by atoms with Gasteiger partial charge in [0.05, 0.1) is 14.7 Å². The van der Waals surface area contributed by atoms with Gasteiger partial charge in [0, 0.05) is 5.54 Å². The summed E-state index contributed by atoms with van der Waals surface area (Å²) in [7, 11) is -1.45. The van der Waals surface area contributed by atoms with Crippen LogP contribution in [0.25, 0.3) is 0 Å². The lowest BCUT2D eigenvalue weighted by molar-refractivity contribution is 0.0524. The van der Waals surface area contributed by atoms with Gasteiger partial charge in [-0.25, -0.2) is 4.79 Å². The van der Waals surface area contributed by atoms with Crippen LogP contribution < -0.4 is 0 Å². The number of carbonyl (C=O) groups excluding carboxylic acids is 1. The maximum absolute atomic E-state index is 12.1. The summed E-state index contributed by atoms with van der Waals surface area (Å²) in [5, 5.41) is 0. The average Bonchev–Trinajstić information content (AvgIpc) is 2.97. The third kappa shape index (κ3) is 4.75. The molecule has 0 aliphatic carbocycles. The van der Waals surface area contributed by atoms with E-state index in [1.807, 2.05) is 19.9 Å². The smallest absolute Gasteiger partial charge is 0.341 e. The molecule has 3 nitrogen and oxygen atoms in total. The lowest BCUT2D eigenvalue weighted by atomic mass is 10.1. The maximum Gasteiger partial charge on any atom is 0.341 e.